The maximum atomic E-state index is 12.4. The lowest BCUT2D eigenvalue weighted by Gasteiger charge is -2.23. The van der Waals surface area contributed by atoms with Crippen molar-refractivity contribution in [2.24, 2.45) is 5.73 Å². The summed E-state index contributed by atoms with van der Waals surface area (Å²) in [5.74, 6) is -0.129. The molecule has 5 heteroatoms. The zero-order valence-electron chi connectivity index (χ0n) is 13.4. The van der Waals surface area contributed by atoms with Crippen molar-refractivity contribution in [2.45, 2.75) is 18.9 Å². The molecule has 0 aliphatic carbocycles. The molecule has 0 saturated carbocycles. The quantitative estimate of drug-likeness (QED) is 0.912. The first kappa shape index (κ1) is 17.1. The molecule has 0 spiro atoms. The van der Waals surface area contributed by atoms with Gasteiger partial charge in [-0.05, 0) is 37.6 Å². The van der Waals surface area contributed by atoms with E-state index >= 15 is 0 Å². The third kappa shape index (κ3) is 4.15. The van der Waals surface area contributed by atoms with E-state index in [4.69, 9.17) is 4.74 Å². The molecule has 1 fully saturated rings. The van der Waals surface area contributed by atoms with E-state index in [1.165, 1.54) is 7.05 Å². The van der Waals surface area contributed by atoms with Crippen LogP contribution in [-0.2, 0) is 4.74 Å². The van der Waals surface area contributed by atoms with E-state index in [2.05, 4.69) is 22.6 Å². The van der Waals surface area contributed by atoms with Crippen LogP contribution in [-0.4, -0.2) is 37.2 Å². The first-order valence-corrected chi connectivity index (χ1v) is 7.76. The molecule has 1 aliphatic rings. The number of nitrogens with zero attached hydrogens (tertiary/aromatic N) is 1. The number of benzene rings is 1. The number of carbonyl (C=O) groups is 1. The molecule has 1 amide bonds. The van der Waals surface area contributed by atoms with Crippen molar-refractivity contribution in [3.05, 3.63) is 48.2 Å². The molecule has 0 unspecified atom stereocenters. The summed E-state index contributed by atoms with van der Waals surface area (Å²) in [4.78, 5) is 16.8. The number of nitrogens with two attached hydrogens (primary N) is 1. The standard InChI is InChI=1S/C17H18N2O2.CH5N/c1-2-12-11-16(19-15-6-4-3-5-14(12)15)17(20)18-13-7-9-21-10-8-13;1-2/h2-6,11,13H,1,7-10H2,(H,18,20);2H2,1H3. The highest BCUT2D eigenvalue weighted by Gasteiger charge is 2.18. The van der Waals surface area contributed by atoms with Crippen molar-refractivity contribution in [3.8, 4) is 0 Å². The van der Waals surface area contributed by atoms with Gasteiger partial charge in [-0.2, -0.15) is 0 Å². The minimum absolute atomic E-state index is 0.129. The summed E-state index contributed by atoms with van der Waals surface area (Å²) in [7, 11) is 1.50. The SMILES string of the molecule is C=Cc1cc(C(=O)NC2CCOCC2)nc2ccccc12.CN. The highest BCUT2D eigenvalue weighted by molar-refractivity contribution is 5.97. The smallest absolute Gasteiger partial charge is 0.270 e. The lowest BCUT2D eigenvalue weighted by atomic mass is 10.1. The van der Waals surface area contributed by atoms with Crippen molar-refractivity contribution in [2.75, 3.05) is 20.3 Å². The Morgan fingerprint density at radius 1 is 1.35 bits per heavy atom. The van der Waals surface area contributed by atoms with Gasteiger partial charge in [-0.15, -0.1) is 0 Å². The van der Waals surface area contributed by atoms with Crippen molar-refractivity contribution < 1.29 is 9.53 Å². The number of rotatable bonds is 3. The second-order valence-electron chi connectivity index (χ2n) is 5.18. The van der Waals surface area contributed by atoms with E-state index in [1.807, 2.05) is 24.3 Å². The van der Waals surface area contributed by atoms with Crippen LogP contribution in [0.15, 0.2) is 36.9 Å². The molecule has 1 saturated heterocycles. The molecule has 2 aromatic rings. The van der Waals surface area contributed by atoms with Crippen molar-refractivity contribution in [1.82, 2.24) is 10.3 Å². The van der Waals surface area contributed by atoms with Gasteiger partial charge in [-0.3, -0.25) is 4.79 Å². The summed E-state index contributed by atoms with van der Waals surface area (Å²) >= 11 is 0. The molecule has 122 valence electrons. The molecule has 1 aromatic heterocycles. The Morgan fingerprint density at radius 2 is 2.04 bits per heavy atom. The van der Waals surface area contributed by atoms with Crippen molar-refractivity contribution >= 4 is 22.9 Å². The predicted molar refractivity (Wildman–Crippen MR) is 93.3 cm³/mol. The summed E-state index contributed by atoms with van der Waals surface area (Å²) in [6.45, 7) is 5.23. The molecule has 0 atom stereocenters. The maximum absolute atomic E-state index is 12.4. The Balaban J connectivity index is 0.000000924. The first-order valence-electron chi connectivity index (χ1n) is 7.76. The average Bonchev–Trinajstić information content (AvgIpc) is 2.63. The minimum Gasteiger partial charge on any atom is -0.381 e. The maximum Gasteiger partial charge on any atom is 0.270 e. The Morgan fingerprint density at radius 3 is 2.74 bits per heavy atom. The van der Waals surface area contributed by atoms with Gasteiger partial charge in [0.2, 0.25) is 0 Å². The van der Waals surface area contributed by atoms with E-state index in [1.54, 1.807) is 12.1 Å². The van der Waals surface area contributed by atoms with Gasteiger partial charge in [0.05, 0.1) is 5.52 Å². The van der Waals surface area contributed by atoms with Gasteiger partial charge in [0, 0.05) is 24.6 Å². The van der Waals surface area contributed by atoms with E-state index in [0.717, 1.165) is 29.3 Å². The zero-order chi connectivity index (χ0) is 16.7. The molecular formula is C18H23N3O2. The number of ether oxygens (including phenoxy) is 1. The van der Waals surface area contributed by atoms with Gasteiger partial charge < -0.3 is 15.8 Å². The highest BCUT2D eigenvalue weighted by Crippen LogP contribution is 2.19. The average molecular weight is 313 g/mol. The lowest BCUT2D eigenvalue weighted by Crippen LogP contribution is -2.39. The molecule has 0 radical (unpaired) electrons. The third-order valence-electron chi connectivity index (χ3n) is 3.76. The second-order valence-corrected chi connectivity index (χ2v) is 5.18. The van der Waals surface area contributed by atoms with E-state index < -0.39 is 0 Å². The normalized spacial score (nSPS) is 14.7. The van der Waals surface area contributed by atoms with Gasteiger partial charge in [0.1, 0.15) is 5.69 Å². The fourth-order valence-corrected chi connectivity index (χ4v) is 2.59. The number of para-hydroxylation sites is 1. The largest absolute Gasteiger partial charge is 0.381 e. The molecular weight excluding hydrogens is 290 g/mol. The Hall–Kier alpha value is -2.24. The number of hydrogen-bond acceptors (Lipinski definition) is 4. The minimum atomic E-state index is -0.129. The molecule has 2 heterocycles. The van der Waals surface area contributed by atoms with Crippen LogP contribution >= 0.6 is 0 Å². The molecule has 3 rings (SSSR count). The van der Waals surface area contributed by atoms with Gasteiger partial charge in [-0.1, -0.05) is 30.9 Å². The van der Waals surface area contributed by atoms with Crippen LogP contribution in [0.25, 0.3) is 17.0 Å². The van der Waals surface area contributed by atoms with Crippen LogP contribution in [0, 0.1) is 0 Å². The number of hydrogen-bond donors (Lipinski definition) is 2. The third-order valence-corrected chi connectivity index (χ3v) is 3.76. The number of fused-ring (bicyclic) bond motifs is 1. The first-order chi connectivity index (χ1) is 11.3. The molecule has 23 heavy (non-hydrogen) atoms. The molecule has 1 aliphatic heterocycles. The van der Waals surface area contributed by atoms with Gasteiger partial charge in [0.25, 0.3) is 5.91 Å². The van der Waals surface area contributed by atoms with E-state index in [0.29, 0.717) is 18.9 Å². The van der Waals surface area contributed by atoms with Gasteiger partial charge >= 0.3 is 0 Å². The number of pyridine rings is 1. The van der Waals surface area contributed by atoms with Crippen molar-refractivity contribution in [1.29, 1.82) is 0 Å². The summed E-state index contributed by atoms with van der Waals surface area (Å²) in [6.07, 6.45) is 3.47. The predicted octanol–water partition coefficient (Wildman–Crippen LogP) is 2.36. The van der Waals surface area contributed by atoms with Crippen LogP contribution in [0.4, 0.5) is 0 Å². The Labute approximate surface area is 136 Å². The monoisotopic (exact) mass is 313 g/mol. The number of aromatic nitrogens is 1. The topological polar surface area (TPSA) is 77.2 Å². The summed E-state index contributed by atoms with van der Waals surface area (Å²) in [5.41, 5.74) is 6.68. The summed E-state index contributed by atoms with van der Waals surface area (Å²) in [6, 6.07) is 9.74. The molecule has 5 nitrogen and oxygen atoms in total. The highest BCUT2D eigenvalue weighted by atomic mass is 16.5. The van der Waals surface area contributed by atoms with Crippen LogP contribution in [0.3, 0.4) is 0 Å². The lowest BCUT2D eigenvalue weighted by molar-refractivity contribution is 0.0694. The van der Waals surface area contributed by atoms with E-state index in [-0.39, 0.29) is 11.9 Å². The summed E-state index contributed by atoms with van der Waals surface area (Å²) in [5, 5.41) is 4.04. The van der Waals surface area contributed by atoms with Crippen LogP contribution in [0.5, 0.6) is 0 Å². The van der Waals surface area contributed by atoms with Crippen LogP contribution in [0.2, 0.25) is 0 Å². The van der Waals surface area contributed by atoms with Crippen molar-refractivity contribution in [3.63, 3.8) is 0 Å². The Kier molecular flexibility index (Phi) is 6.26. The van der Waals surface area contributed by atoms with Crippen LogP contribution < -0.4 is 11.1 Å². The van der Waals surface area contributed by atoms with Gasteiger partial charge in [-0.25, -0.2) is 4.98 Å². The number of carbonyl (C=O) groups excluding carboxylic acids is 1. The number of nitrogens with one attached hydrogen (secondary N) is 1. The number of amides is 1. The summed E-state index contributed by atoms with van der Waals surface area (Å²) < 4.78 is 5.30. The fourth-order valence-electron chi connectivity index (χ4n) is 2.59. The molecule has 1 aromatic carbocycles. The fraction of sp³-hybridized carbons (Fsp3) is 0.333. The van der Waals surface area contributed by atoms with Gasteiger partial charge in [0.15, 0.2) is 0 Å². The van der Waals surface area contributed by atoms with Crippen LogP contribution in [0.1, 0.15) is 28.9 Å². The zero-order valence-corrected chi connectivity index (χ0v) is 13.4. The molecule has 0 bridgehead atoms. The Bertz CT molecular complexity index is 679. The van der Waals surface area contributed by atoms with E-state index in [9.17, 15) is 4.79 Å². The molecule has 3 N–H and O–H groups in total. The second kappa shape index (κ2) is 8.41.